The fourth-order valence-corrected chi connectivity index (χ4v) is 1.57. The number of hydrogen-bond acceptors (Lipinski definition) is 2. The maximum absolute atomic E-state index is 10.3. The second kappa shape index (κ2) is 4.30. The predicted octanol–water partition coefficient (Wildman–Crippen LogP) is 0.738. The molecular weight excluding hydrogens is 156 g/mol. The van der Waals surface area contributed by atoms with E-state index in [1.54, 1.807) is 0 Å². The lowest BCUT2D eigenvalue weighted by Gasteiger charge is -2.30. The highest BCUT2D eigenvalue weighted by atomic mass is 16.4. The van der Waals surface area contributed by atoms with Gasteiger partial charge in [0, 0.05) is 19.1 Å². The van der Waals surface area contributed by atoms with Gasteiger partial charge in [-0.05, 0) is 19.4 Å². The number of amides is 1. The van der Waals surface area contributed by atoms with E-state index in [4.69, 9.17) is 5.11 Å². The van der Waals surface area contributed by atoms with Crippen molar-refractivity contribution < 1.29 is 9.90 Å². The van der Waals surface area contributed by atoms with E-state index in [-0.39, 0.29) is 6.04 Å². The van der Waals surface area contributed by atoms with Crippen molar-refractivity contribution in [1.29, 1.82) is 0 Å². The Kier molecular flexibility index (Phi) is 3.34. The maximum Gasteiger partial charge on any atom is 0.404 e. The summed E-state index contributed by atoms with van der Waals surface area (Å²) in [5, 5.41) is 11.0. The maximum atomic E-state index is 10.3. The van der Waals surface area contributed by atoms with Gasteiger partial charge < -0.3 is 15.3 Å². The van der Waals surface area contributed by atoms with E-state index in [1.165, 1.54) is 0 Å². The van der Waals surface area contributed by atoms with E-state index in [1.807, 2.05) is 0 Å². The van der Waals surface area contributed by atoms with Crippen LogP contribution < -0.4 is 5.32 Å². The number of likely N-dealkylation sites (tertiary alicyclic amines) is 1. The van der Waals surface area contributed by atoms with Crippen molar-refractivity contribution in [1.82, 2.24) is 10.2 Å². The molecule has 0 saturated carbocycles. The summed E-state index contributed by atoms with van der Waals surface area (Å²) >= 11 is 0. The van der Waals surface area contributed by atoms with Gasteiger partial charge in [0.2, 0.25) is 0 Å². The third kappa shape index (κ3) is 2.70. The third-order valence-electron chi connectivity index (χ3n) is 2.36. The van der Waals surface area contributed by atoms with Crippen molar-refractivity contribution in [3.8, 4) is 0 Å². The molecule has 0 aromatic rings. The molecular formula is C8H16N2O2. The molecule has 1 fully saturated rings. The Morgan fingerprint density at radius 1 is 1.58 bits per heavy atom. The molecule has 4 heteroatoms. The van der Waals surface area contributed by atoms with Crippen molar-refractivity contribution in [2.45, 2.75) is 25.8 Å². The van der Waals surface area contributed by atoms with E-state index in [0.717, 1.165) is 32.5 Å². The third-order valence-corrected chi connectivity index (χ3v) is 2.36. The summed E-state index contributed by atoms with van der Waals surface area (Å²) < 4.78 is 0. The number of piperidine rings is 1. The average molecular weight is 172 g/mol. The average Bonchev–Trinajstić information content (AvgIpc) is 2.05. The van der Waals surface area contributed by atoms with Crippen molar-refractivity contribution in [2.75, 3.05) is 19.6 Å². The van der Waals surface area contributed by atoms with Crippen LogP contribution in [0.5, 0.6) is 0 Å². The Balaban J connectivity index is 2.21. The SMILES string of the molecule is CCN1CCC(NC(=O)O)CC1. The van der Waals surface area contributed by atoms with Crippen LogP contribution in [0.25, 0.3) is 0 Å². The summed E-state index contributed by atoms with van der Waals surface area (Å²) in [6.45, 7) is 5.23. The van der Waals surface area contributed by atoms with E-state index < -0.39 is 6.09 Å². The number of nitrogens with zero attached hydrogens (tertiary/aromatic N) is 1. The first-order chi connectivity index (χ1) is 5.72. The van der Waals surface area contributed by atoms with E-state index in [0.29, 0.717) is 0 Å². The minimum Gasteiger partial charge on any atom is -0.465 e. The van der Waals surface area contributed by atoms with Crippen molar-refractivity contribution in [3.05, 3.63) is 0 Å². The first-order valence-electron chi connectivity index (χ1n) is 4.44. The predicted molar refractivity (Wildman–Crippen MR) is 46.3 cm³/mol. The summed E-state index contributed by atoms with van der Waals surface area (Å²) in [5.41, 5.74) is 0. The number of rotatable bonds is 2. The second-order valence-electron chi connectivity index (χ2n) is 3.16. The van der Waals surface area contributed by atoms with Gasteiger partial charge in [-0.2, -0.15) is 0 Å². The first-order valence-corrected chi connectivity index (χ1v) is 4.44. The van der Waals surface area contributed by atoms with Gasteiger partial charge in [-0.15, -0.1) is 0 Å². The fourth-order valence-electron chi connectivity index (χ4n) is 1.57. The Morgan fingerprint density at radius 3 is 2.58 bits per heavy atom. The van der Waals surface area contributed by atoms with Gasteiger partial charge in [0.05, 0.1) is 0 Å². The van der Waals surface area contributed by atoms with Crippen LogP contribution in [0, 0.1) is 0 Å². The summed E-state index contributed by atoms with van der Waals surface area (Å²) in [6.07, 6.45) is 0.991. The van der Waals surface area contributed by atoms with Gasteiger partial charge in [0.1, 0.15) is 0 Å². The summed E-state index contributed by atoms with van der Waals surface area (Å²) in [4.78, 5) is 12.6. The molecule has 0 aliphatic carbocycles. The number of nitrogens with one attached hydrogen (secondary N) is 1. The molecule has 4 nitrogen and oxygen atoms in total. The molecule has 1 aliphatic rings. The fraction of sp³-hybridized carbons (Fsp3) is 0.875. The van der Waals surface area contributed by atoms with Gasteiger partial charge in [-0.3, -0.25) is 0 Å². The zero-order valence-electron chi connectivity index (χ0n) is 7.42. The monoisotopic (exact) mass is 172 g/mol. The highest BCUT2D eigenvalue weighted by Gasteiger charge is 2.18. The van der Waals surface area contributed by atoms with Crippen LogP contribution in [-0.4, -0.2) is 41.8 Å². The molecule has 0 bridgehead atoms. The number of hydrogen-bond donors (Lipinski definition) is 2. The second-order valence-corrected chi connectivity index (χ2v) is 3.16. The van der Waals surface area contributed by atoms with E-state index >= 15 is 0 Å². The highest BCUT2D eigenvalue weighted by molar-refractivity contribution is 5.64. The molecule has 2 N–H and O–H groups in total. The topological polar surface area (TPSA) is 52.6 Å². The Bertz CT molecular complexity index is 153. The van der Waals surface area contributed by atoms with Gasteiger partial charge in [0.15, 0.2) is 0 Å². The van der Waals surface area contributed by atoms with Crippen molar-refractivity contribution >= 4 is 6.09 Å². The molecule has 70 valence electrons. The van der Waals surface area contributed by atoms with Gasteiger partial charge in [-0.25, -0.2) is 4.79 Å². The molecule has 12 heavy (non-hydrogen) atoms. The van der Waals surface area contributed by atoms with Gasteiger partial charge in [-0.1, -0.05) is 6.92 Å². The molecule has 1 heterocycles. The molecule has 0 aromatic heterocycles. The molecule has 0 radical (unpaired) electrons. The molecule has 0 atom stereocenters. The summed E-state index contributed by atoms with van der Waals surface area (Å²) in [5.74, 6) is 0. The minimum absolute atomic E-state index is 0.172. The molecule has 0 aromatic carbocycles. The van der Waals surface area contributed by atoms with Crippen LogP contribution in [-0.2, 0) is 0 Å². The van der Waals surface area contributed by atoms with Crippen LogP contribution in [0.4, 0.5) is 4.79 Å². The first kappa shape index (κ1) is 9.32. The van der Waals surface area contributed by atoms with Gasteiger partial charge >= 0.3 is 6.09 Å². The zero-order valence-corrected chi connectivity index (χ0v) is 7.42. The molecule has 0 unspecified atom stereocenters. The molecule has 1 rings (SSSR count). The highest BCUT2D eigenvalue weighted by Crippen LogP contribution is 2.09. The molecule has 1 amide bonds. The molecule has 1 aliphatic heterocycles. The van der Waals surface area contributed by atoms with Crippen LogP contribution in [0.2, 0.25) is 0 Å². The minimum atomic E-state index is -0.898. The van der Waals surface area contributed by atoms with Crippen molar-refractivity contribution in [3.63, 3.8) is 0 Å². The lowest BCUT2D eigenvalue weighted by molar-refractivity contribution is 0.171. The lowest BCUT2D eigenvalue weighted by atomic mass is 10.1. The Hall–Kier alpha value is -0.770. The Morgan fingerprint density at radius 2 is 2.17 bits per heavy atom. The quantitative estimate of drug-likeness (QED) is 0.646. The van der Waals surface area contributed by atoms with Crippen LogP contribution in [0.1, 0.15) is 19.8 Å². The largest absolute Gasteiger partial charge is 0.465 e. The Labute approximate surface area is 72.6 Å². The number of carbonyl (C=O) groups is 1. The van der Waals surface area contributed by atoms with Crippen LogP contribution in [0.3, 0.4) is 0 Å². The van der Waals surface area contributed by atoms with E-state index in [9.17, 15) is 4.79 Å². The van der Waals surface area contributed by atoms with Crippen LogP contribution >= 0.6 is 0 Å². The summed E-state index contributed by atoms with van der Waals surface area (Å²) in [6, 6.07) is 0.172. The summed E-state index contributed by atoms with van der Waals surface area (Å²) in [7, 11) is 0. The molecule has 1 saturated heterocycles. The lowest BCUT2D eigenvalue weighted by Crippen LogP contribution is -2.44. The smallest absolute Gasteiger partial charge is 0.404 e. The van der Waals surface area contributed by atoms with Crippen molar-refractivity contribution in [2.24, 2.45) is 0 Å². The van der Waals surface area contributed by atoms with Gasteiger partial charge in [0.25, 0.3) is 0 Å². The molecule has 0 spiro atoms. The van der Waals surface area contributed by atoms with E-state index in [2.05, 4.69) is 17.1 Å². The number of carboxylic acid groups (broad SMARTS) is 1. The standard InChI is InChI=1S/C8H16N2O2/c1-2-10-5-3-7(4-6-10)9-8(11)12/h7,9H,2-6H2,1H3,(H,11,12). The van der Waals surface area contributed by atoms with Crippen LogP contribution in [0.15, 0.2) is 0 Å². The normalized spacial score (nSPS) is 20.8. The zero-order chi connectivity index (χ0) is 8.97.